The number of amides is 2. The first kappa shape index (κ1) is 17.3. The van der Waals surface area contributed by atoms with E-state index in [-0.39, 0.29) is 0 Å². The zero-order chi connectivity index (χ0) is 17.4. The molecular weight excluding hydrogens is 308 g/mol. The minimum atomic E-state index is -0.703. The summed E-state index contributed by atoms with van der Waals surface area (Å²) < 4.78 is 10.7. The molecule has 0 unspecified atom stereocenters. The third-order valence-electron chi connectivity index (χ3n) is 3.34. The number of nitrogens with one attached hydrogen (secondary N) is 2. The van der Waals surface area contributed by atoms with E-state index in [9.17, 15) is 9.59 Å². The number of hydrogen-bond acceptors (Lipinski definition) is 4. The summed E-state index contributed by atoms with van der Waals surface area (Å²) in [4.78, 5) is 24.3. The Bertz CT molecular complexity index is 688. The van der Waals surface area contributed by atoms with E-state index in [0.29, 0.717) is 23.5 Å². The second-order valence-corrected chi connectivity index (χ2v) is 4.97. The van der Waals surface area contributed by atoms with Gasteiger partial charge in [0, 0.05) is 0 Å². The molecule has 2 N–H and O–H groups in total. The lowest BCUT2D eigenvalue weighted by molar-refractivity contribution is -0.128. The average molecular weight is 328 g/mol. The number of benzene rings is 2. The molecule has 2 aromatic rings. The SMILES string of the molecule is CC[C@H](Oc1ccccc1)C(=O)NNC(=O)c1ccccc1OC. The Kier molecular flexibility index (Phi) is 6.19. The summed E-state index contributed by atoms with van der Waals surface area (Å²) in [5.41, 5.74) is 5.09. The molecule has 2 amide bonds. The number of para-hydroxylation sites is 2. The van der Waals surface area contributed by atoms with Crippen molar-refractivity contribution >= 4 is 11.8 Å². The van der Waals surface area contributed by atoms with Crippen LogP contribution in [0.2, 0.25) is 0 Å². The van der Waals surface area contributed by atoms with Crippen LogP contribution in [0.4, 0.5) is 0 Å². The van der Waals surface area contributed by atoms with Crippen molar-refractivity contribution < 1.29 is 19.1 Å². The smallest absolute Gasteiger partial charge is 0.279 e. The number of hydrogen-bond donors (Lipinski definition) is 2. The Balaban J connectivity index is 1.94. The molecule has 2 aromatic carbocycles. The highest BCUT2D eigenvalue weighted by atomic mass is 16.5. The van der Waals surface area contributed by atoms with Gasteiger partial charge in [-0.3, -0.25) is 20.4 Å². The Hall–Kier alpha value is -3.02. The molecule has 6 heteroatoms. The fraction of sp³-hybridized carbons (Fsp3) is 0.222. The van der Waals surface area contributed by atoms with Crippen molar-refractivity contribution in [3.8, 4) is 11.5 Å². The Labute approximate surface area is 140 Å². The maximum Gasteiger partial charge on any atom is 0.279 e. The van der Waals surface area contributed by atoms with Crippen LogP contribution in [0.1, 0.15) is 23.7 Å². The summed E-state index contributed by atoms with van der Waals surface area (Å²) in [6.45, 7) is 1.83. The summed E-state index contributed by atoms with van der Waals surface area (Å²) in [5, 5.41) is 0. The Morgan fingerprint density at radius 1 is 1.00 bits per heavy atom. The largest absolute Gasteiger partial charge is 0.496 e. The van der Waals surface area contributed by atoms with Gasteiger partial charge in [0.05, 0.1) is 12.7 Å². The average Bonchev–Trinajstić information content (AvgIpc) is 2.64. The first-order valence-corrected chi connectivity index (χ1v) is 7.60. The molecule has 0 radical (unpaired) electrons. The van der Waals surface area contributed by atoms with Crippen LogP contribution in [0.25, 0.3) is 0 Å². The van der Waals surface area contributed by atoms with Crippen molar-refractivity contribution in [2.75, 3.05) is 7.11 Å². The van der Waals surface area contributed by atoms with Gasteiger partial charge >= 0.3 is 0 Å². The highest BCUT2D eigenvalue weighted by Crippen LogP contribution is 2.16. The molecule has 0 bridgehead atoms. The summed E-state index contributed by atoms with van der Waals surface area (Å²) in [6.07, 6.45) is -0.240. The lowest BCUT2D eigenvalue weighted by Crippen LogP contribution is -2.48. The molecule has 126 valence electrons. The molecule has 0 saturated heterocycles. The monoisotopic (exact) mass is 328 g/mol. The van der Waals surface area contributed by atoms with Crippen molar-refractivity contribution in [3.05, 3.63) is 60.2 Å². The van der Waals surface area contributed by atoms with Gasteiger partial charge in [-0.25, -0.2) is 0 Å². The zero-order valence-electron chi connectivity index (χ0n) is 13.6. The highest BCUT2D eigenvalue weighted by molar-refractivity contribution is 5.98. The third-order valence-corrected chi connectivity index (χ3v) is 3.34. The van der Waals surface area contributed by atoms with Crippen LogP contribution in [0.5, 0.6) is 11.5 Å². The third kappa shape index (κ3) is 4.49. The molecule has 0 saturated carbocycles. The highest BCUT2D eigenvalue weighted by Gasteiger charge is 2.20. The first-order valence-electron chi connectivity index (χ1n) is 7.60. The number of carbonyl (C=O) groups excluding carboxylic acids is 2. The van der Waals surface area contributed by atoms with Crippen molar-refractivity contribution in [1.82, 2.24) is 10.9 Å². The van der Waals surface area contributed by atoms with E-state index in [2.05, 4.69) is 10.9 Å². The van der Waals surface area contributed by atoms with Gasteiger partial charge in [-0.15, -0.1) is 0 Å². The molecule has 0 heterocycles. The van der Waals surface area contributed by atoms with Gasteiger partial charge < -0.3 is 9.47 Å². The Morgan fingerprint density at radius 3 is 2.33 bits per heavy atom. The molecule has 24 heavy (non-hydrogen) atoms. The summed E-state index contributed by atoms with van der Waals surface area (Å²) in [5.74, 6) is 0.132. The normalized spacial score (nSPS) is 11.2. The van der Waals surface area contributed by atoms with Crippen LogP contribution < -0.4 is 20.3 Å². The minimum absolute atomic E-state index is 0.331. The lowest BCUT2D eigenvalue weighted by Gasteiger charge is -2.17. The van der Waals surface area contributed by atoms with Crippen LogP contribution in [-0.2, 0) is 4.79 Å². The van der Waals surface area contributed by atoms with Crippen LogP contribution in [-0.4, -0.2) is 25.0 Å². The fourth-order valence-corrected chi connectivity index (χ4v) is 2.08. The van der Waals surface area contributed by atoms with Gasteiger partial charge in [-0.2, -0.15) is 0 Å². The van der Waals surface area contributed by atoms with E-state index in [0.717, 1.165) is 0 Å². The van der Waals surface area contributed by atoms with E-state index < -0.39 is 17.9 Å². The molecule has 6 nitrogen and oxygen atoms in total. The molecule has 0 aliphatic rings. The maximum absolute atomic E-state index is 12.2. The van der Waals surface area contributed by atoms with Crippen molar-refractivity contribution in [2.45, 2.75) is 19.4 Å². The van der Waals surface area contributed by atoms with Gasteiger partial charge in [0.2, 0.25) is 0 Å². The number of hydrazine groups is 1. The summed E-state index contributed by atoms with van der Waals surface area (Å²) in [7, 11) is 1.48. The zero-order valence-corrected chi connectivity index (χ0v) is 13.6. The number of carbonyl (C=O) groups is 2. The van der Waals surface area contributed by atoms with Gasteiger partial charge in [0.15, 0.2) is 6.10 Å². The molecule has 0 aliphatic heterocycles. The molecule has 1 atom stereocenters. The van der Waals surface area contributed by atoms with Crippen LogP contribution in [0.15, 0.2) is 54.6 Å². The van der Waals surface area contributed by atoms with Gasteiger partial charge in [0.1, 0.15) is 11.5 Å². The van der Waals surface area contributed by atoms with Crippen LogP contribution >= 0.6 is 0 Å². The molecular formula is C18H20N2O4. The van der Waals surface area contributed by atoms with Gasteiger partial charge in [0.25, 0.3) is 11.8 Å². The standard InChI is InChI=1S/C18H20N2O4/c1-3-15(24-13-9-5-4-6-10-13)18(22)20-19-17(21)14-11-7-8-12-16(14)23-2/h4-12,15H,3H2,1-2H3,(H,19,21)(H,20,22)/t15-/m0/s1. The first-order chi connectivity index (χ1) is 11.7. The number of rotatable bonds is 6. The topological polar surface area (TPSA) is 76.7 Å². The van der Waals surface area contributed by atoms with E-state index in [1.807, 2.05) is 25.1 Å². The molecule has 0 spiro atoms. The Morgan fingerprint density at radius 2 is 1.67 bits per heavy atom. The fourth-order valence-electron chi connectivity index (χ4n) is 2.08. The van der Waals surface area contributed by atoms with Crippen molar-refractivity contribution in [2.24, 2.45) is 0 Å². The molecule has 0 aliphatic carbocycles. The summed E-state index contributed by atoms with van der Waals surface area (Å²) in [6, 6.07) is 15.8. The predicted molar refractivity (Wildman–Crippen MR) is 89.8 cm³/mol. The van der Waals surface area contributed by atoms with E-state index in [1.165, 1.54) is 7.11 Å². The van der Waals surface area contributed by atoms with Crippen LogP contribution in [0.3, 0.4) is 0 Å². The second-order valence-electron chi connectivity index (χ2n) is 4.97. The van der Waals surface area contributed by atoms with Gasteiger partial charge in [-0.05, 0) is 30.7 Å². The molecule has 0 fully saturated rings. The number of ether oxygens (including phenoxy) is 2. The lowest BCUT2D eigenvalue weighted by atomic mass is 10.2. The van der Waals surface area contributed by atoms with Crippen molar-refractivity contribution in [3.63, 3.8) is 0 Å². The van der Waals surface area contributed by atoms with E-state index >= 15 is 0 Å². The van der Waals surface area contributed by atoms with E-state index in [1.54, 1.807) is 36.4 Å². The van der Waals surface area contributed by atoms with Crippen molar-refractivity contribution in [1.29, 1.82) is 0 Å². The van der Waals surface area contributed by atoms with E-state index in [4.69, 9.17) is 9.47 Å². The summed E-state index contributed by atoms with van der Waals surface area (Å²) >= 11 is 0. The number of methoxy groups -OCH3 is 1. The molecule has 0 aromatic heterocycles. The molecule has 2 rings (SSSR count). The minimum Gasteiger partial charge on any atom is -0.496 e. The quantitative estimate of drug-likeness (QED) is 0.798. The maximum atomic E-state index is 12.2. The predicted octanol–water partition coefficient (Wildman–Crippen LogP) is 2.31. The van der Waals surface area contributed by atoms with Gasteiger partial charge in [-0.1, -0.05) is 37.3 Å². The second kappa shape index (κ2) is 8.57. The van der Waals surface area contributed by atoms with Crippen LogP contribution in [0, 0.1) is 0 Å².